The van der Waals surface area contributed by atoms with Gasteiger partial charge in [-0.15, -0.1) is 0 Å². The Morgan fingerprint density at radius 1 is 0.353 bits per heavy atom. The molecule has 0 N–H and O–H groups in total. The Hall–Kier alpha value is -6.70. The maximum atomic E-state index is 6.37. The minimum atomic E-state index is 0.740. The van der Waals surface area contributed by atoms with Crippen LogP contribution in [0.25, 0.3) is 111 Å². The van der Waals surface area contributed by atoms with Crippen LogP contribution >= 0.6 is 11.7 Å². The van der Waals surface area contributed by atoms with E-state index in [2.05, 4.69) is 72.8 Å². The molecule has 4 heterocycles. The second-order valence-electron chi connectivity index (χ2n) is 12.7. The molecular formula is C44H24N4O2S. The van der Waals surface area contributed by atoms with Gasteiger partial charge in [0.25, 0.3) is 0 Å². The van der Waals surface area contributed by atoms with Crippen LogP contribution in [0.4, 0.5) is 0 Å². The summed E-state index contributed by atoms with van der Waals surface area (Å²) in [5, 5.41) is 4.28. The molecule has 0 aliphatic rings. The smallest absolute Gasteiger partial charge is 0.136 e. The highest BCUT2D eigenvalue weighted by molar-refractivity contribution is 7.00. The van der Waals surface area contributed by atoms with Crippen molar-refractivity contribution in [1.29, 1.82) is 0 Å². The van der Waals surface area contributed by atoms with Gasteiger partial charge < -0.3 is 8.83 Å². The van der Waals surface area contributed by atoms with Crippen molar-refractivity contribution < 1.29 is 8.83 Å². The zero-order valence-electron chi connectivity index (χ0n) is 26.9. The SMILES string of the molecule is c1ccc(-c2nc3c(-c4ccc5c(c4)oc4ccccc45)c4nsnc4c(-c4ccc5c(c4)oc4ccccc45)c3nc2-c2ccccc2)cc1. The van der Waals surface area contributed by atoms with Crippen LogP contribution in [0.15, 0.2) is 154 Å². The van der Waals surface area contributed by atoms with Crippen LogP contribution in [0.3, 0.4) is 0 Å². The van der Waals surface area contributed by atoms with Gasteiger partial charge >= 0.3 is 0 Å². The van der Waals surface area contributed by atoms with E-state index >= 15 is 0 Å². The maximum Gasteiger partial charge on any atom is 0.136 e. The van der Waals surface area contributed by atoms with E-state index in [9.17, 15) is 0 Å². The summed E-state index contributed by atoms with van der Waals surface area (Å²) in [5.41, 5.74) is 13.5. The van der Waals surface area contributed by atoms with E-state index < -0.39 is 0 Å². The number of nitrogens with zero attached hydrogens (tertiary/aromatic N) is 4. The number of benzene rings is 7. The minimum absolute atomic E-state index is 0.740. The van der Waals surface area contributed by atoms with Gasteiger partial charge in [-0.05, 0) is 47.5 Å². The molecule has 0 spiro atoms. The van der Waals surface area contributed by atoms with Crippen LogP contribution in [-0.4, -0.2) is 18.7 Å². The summed E-state index contributed by atoms with van der Waals surface area (Å²) >= 11 is 1.19. The van der Waals surface area contributed by atoms with E-state index in [1.54, 1.807) is 0 Å². The Labute approximate surface area is 294 Å². The lowest BCUT2D eigenvalue weighted by atomic mass is 9.93. The van der Waals surface area contributed by atoms with Gasteiger partial charge in [0.1, 0.15) is 44.4 Å². The summed E-state index contributed by atoms with van der Waals surface area (Å²) in [6, 6.07) is 49.5. The lowest BCUT2D eigenvalue weighted by Crippen LogP contribution is -2.00. The molecule has 51 heavy (non-hydrogen) atoms. The molecule has 4 aromatic heterocycles. The molecule has 11 aromatic rings. The van der Waals surface area contributed by atoms with E-state index in [0.29, 0.717) is 0 Å². The molecule has 0 radical (unpaired) electrons. The summed E-state index contributed by atoms with van der Waals surface area (Å²) < 4.78 is 22.6. The van der Waals surface area contributed by atoms with Crippen molar-refractivity contribution in [1.82, 2.24) is 18.7 Å². The Bertz CT molecular complexity index is 2930. The molecule has 0 fully saturated rings. The standard InChI is InChI=1S/C44H24N4O2S/c1-3-11-25(12-4-1)39-40(26-13-5-2-6-14-26)46-42-38(28-20-22-32-30-16-8-10-18-34(30)50-36(32)24-28)44-43(47-51-48-44)37(41(42)45-39)27-19-21-31-29-15-7-9-17-33(29)49-35(31)23-27/h1-24H. The van der Waals surface area contributed by atoms with Crippen LogP contribution in [0.5, 0.6) is 0 Å². The number of aromatic nitrogens is 4. The fourth-order valence-electron chi connectivity index (χ4n) is 7.43. The van der Waals surface area contributed by atoms with Gasteiger partial charge in [0.15, 0.2) is 0 Å². The summed E-state index contributed by atoms with van der Waals surface area (Å²) in [5.74, 6) is 0. The monoisotopic (exact) mass is 672 g/mol. The highest BCUT2D eigenvalue weighted by Gasteiger charge is 2.26. The molecule has 0 atom stereocenters. The van der Waals surface area contributed by atoms with Gasteiger partial charge in [0.05, 0.1) is 23.1 Å². The second-order valence-corrected chi connectivity index (χ2v) is 13.2. The van der Waals surface area contributed by atoms with Crippen molar-refractivity contribution in [2.75, 3.05) is 0 Å². The Balaban J connectivity index is 1.28. The largest absolute Gasteiger partial charge is 0.456 e. The first-order valence-corrected chi connectivity index (χ1v) is 17.5. The Morgan fingerprint density at radius 3 is 1.24 bits per heavy atom. The van der Waals surface area contributed by atoms with E-state index in [0.717, 1.165) is 111 Å². The van der Waals surface area contributed by atoms with Crippen molar-refractivity contribution in [3.8, 4) is 44.8 Å². The molecule has 238 valence electrons. The molecule has 0 amide bonds. The number of para-hydroxylation sites is 2. The summed E-state index contributed by atoms with van der Waals surface area (Å²) in [7, 11) is 0. The van der Waals surface area contributed by atoms with Gasteiger partial charge in [0, 0.05) is 43.8 Å². The van der Waals surface area contributed by atoms with Crippen molar-refractivity contribution in [3.05, 3.63) is 146 Å². The average Bonchev–Trinajstić information content (AvgIpc) is 3.92. The normalized spacial score (nSPS) is 11.9. The summed E-state index contributed by atoms with van der Waals surface area (Å²) in [4.78, 5) is 11.1. The lowest BCUT2D eigenvalue weighted by molar-refractivity contribution is 0.668. The third-order valence-corrected chi connectivity index (χ3v) is 10.3. The Kier molecular flexibility index (Phi) is 6.02. The van der Waals surface area contributed by atoms with Crippen LogP contribution in [0, 0.1) is 0 Å². The van der Waals surface area contributed by atoms with Gasteiger partial charge in [0.2, 0.25) is 0 Å². The number of hydrogen-bond donors (Lipinski definition) is 0. The molecule has 11 rings (SSSR count). The molecule has 0 unspecified atom stereocenters. The zero-order chi connectivity index (χ0) is 33.5. The molecule has 7 aromatic carbocycles. The highest BCUT2D eigenvalue weighted by atomic mass is 32.1. The van der Waals surface area contributed by atoms with E-state index in [1.807, 2.05) is 72.8 Å². The number of rotatable bonds is 4. The van der Waals surface area contributed by atoms with E-state index in [-0.39, 0.29) is 0 Å². The molecule has 0 bridgehead atoms. The highest BCUT2D eigenvalue weighted by Crippen LogP contribution is 2.45. The number of furan rings is 2. The lowest BCUT2D eigenvalue weighted by Gasteiger charge is -2.16. The quantitative estimate of drug-likeness (QED) is 0.185. The third kappa shape index (κ3) is 4.28. The molecule has 0 aliphatic heterocycles. The average molecular weight is 673 g/mol. The van der Waals surface area contributed by atoms with Crippen molar-refractivity contribution in [2.45, 2.75) is 0 Å². The van der Waals surface area contributed by atoms with E-state index in [1.165, 1.54) is 11.7 Å². The first-order valence-electron chi connectivity index (χ1n) is 16.7. The fraction of sp³-hybridized carbons (Fsp3) is 0. The van der Waals surface area contributed by atoms with Crippen molar-refractivity contribution in [3.63, 3.8) is 0 Å². The topological polar surface area (TPSA) is 77.8 Å². The third-order valence-electron chi connectivity index (χ3n) is 9.76. The molecular weight excluding hydrogens is 649 g/mol. The predicted molar refractivity (Wildman–Crippen MR) is 207 cm³/mol. The first kappa shape index (κ1) is 28.2. The van der Waals surface area contributed by atoms with Crippen LogP contribution in [0.1, 0.15) is 0 Å². The fourth-order valence-corrected chi connectivity index (χ4v) is 7.99. The van der Waals surface area contributed by atoms with Gasteiger partial charge in [-0.2, -0.15) is 8.75 Å². The summed E-state index contributed by atoms with van der Waals surface area (Å²) in [6.45, 7) is 0. The molecule has 6 nitrogen and oxygen atoms in total. The molecule has 0 aliphatic carbocycles. The predicted octanol–water partition coefficient (Wildman–Crippen LogP) is 12.1. The zero-order valence-corrected chi connectivity index (χ0v) is 27.7. The van der Waals surface area contributed by atoms with Crippen molar-refractivity contribution >= 4 is 77.7 Å². The second kappa shape index (κ2) is 10.9. The van der Waals surface area contributed by atoms with Gasteiger partial charge in [-0.3, -0.25) is 0 Å². The van der Waals surface area contributed by atoms with E-state index in [4.69, 9.17) is 27.5 Å². The van der Waals surface area contributed by atoms with Gasteiger partial charge in [-0.25, -0.2) is 9.97 Å². The first-order chi connectivity index (χ1) is 25.3. The minimum Gasteiger partial charge on any atom is -0.456 e. The maximum absolute atomic E-state index is 6.37. The Morgan fingerprint density at radius 2 is 0.765 bits per heavy atom. The molecule has 0 saturated heterocycles. The number of fused-ring (bicyclic) bond motifs is 8. The van der Waals surface area contributed by atoms with Crippen molar-refractivity contribution in [2.24, 2.45) is 0 Å². The molecule has 0 saturated carbocycles. The summed E-state index contributed by atoms with van der Waals surface area (Å²) in [6.07, 6.45) is 0. The van der Waals surface area contributed by atoms with Gasteiger partial charge in [-0.1, -0.05) is 109 Å². The van der Waals surface area contributed by atoms with Crippen LogP contribution < -0.4 is 0 Å². The number of hydrogen-bond acceptors (Lipinski definition) is 7. The molecule has 7 heteroatoms. The van der Waals surface area contributed by atoms with Crippen LogP contribution in [0.2, 0.25) is 0 Å². The van der Waals surface area contributed by atoms with Crippen LogP contribution in [-0.2, 0) is 0 Å².